The van der Waals surface area contributed by atoms with E-state index in [0.717, 1.165) is 57.7 Å². The van der Waals surface area contributed by atoms with Crippen LogP contribution in [-0.2, 0) is 11.2 Å². The predicted molar refractivity (Wildman–Crippen MR) is 119 cm³/mol. The molecular formula is C24H34N4O4. The number of alkyl carbamates (subject to hydrolysis) is 1. The molecule has 32 heavy (non-hydrogen) atoms. The van der Waals surface area contributed by atoms with Crippen molar-refractivity contribution in [3.05, 3.63) is 29.8 Å². The molecular weight excluding hydrogens is 408 g/mol. The molecule has 4 fully saturated rings. The van der Waals surface area contributed by atoms with Crippen molar-refractivity contribution >= 4 is 12.1 Å². The van der Waals surface area contributed by atoms with Crippen molar-refractivity contribution in [3.8, 4) is 5.75 Å². The summed E-state index contributed by atoms with van der Waals surface area (Å²) >= 11 is 0. The smallest absolute Gasteiger partial charge is 0.407 e. The summed E-state index contributed by atoms with van der Waals surface area (Å²) in [7, 11) is 0. The van der Waals surface area contributed by atoms with Gasteiger partial charge < -0.3 is 30.3 Å². The Morgan fingerprint density at radius 2 is 1.88 bits per heavy atom. The van der Waals surface area contributed by atoms with Gasteiger partial charge in [-0.2, -0.15) is 0 Å². The number of carbonyl (C=O) groups is 2. The van der Waals surface area contributed by atoms with Crippen molar-refractivity contribution < 1.29 is 19.1 Å². The second kappa shape index (κ2) is 8.46. The van der Waals surface area contributed by atoms with Gasteiger partial charge in [-0.3, -0.25) is 0 Å². The number of nitrogens with one attached hydrogen (secondary N) is 1. The normalized spacial score (nSPS) is 22.7. The molecule has 3 N–H and O–H groups in total. The quantitative estimate of drug-likeness (QED) is 0.603. The number of cyclic esters (lactones) is 1. The third kappa shape index (κ3) is 4.12. The zero-order chi connectivity index (χ0) is 22.2. The molecule has 1 aromatic carbocycles. The van der Waals surface area contributed by atoms with Crippen LogP contribution in [0.5, 0.6) is 5.75 Å². The van der Waals surface area contributed by atoms with Crippen molar-refractivity contribution in [1.82, 2.24) is 15.1 Å². The van der Waals surface area contributed by atoms with Crippen molar-refractivity contribution in [2.24, 2.45) is 17.1 Å². The largest absolute Gasteiger partial charge is 0.493 e. The Bertz CT molecular complexity index is 855. The van der Waals surface area contributed by atoms with Crippen LogP contribution in [0.4, 0.5) is 9.59 Å². The fourth-order valence-corrected chi connectivity index (χ4v) is 5.88. The van der Waals surface area contributed by atoms with Crippen LogP contribution in [0.1, 0.15) is 37.7 Å². The molecule has 0 unspecified atom stereocenters. The van der Waals surface area contributed by atoms with Crippen LogP contribution in [0.25, 0.3) is 0 Å². The van der Waals surface area contributed by atoms with E-state index in [1.165, 1.54) is 18.4 Å². The molecule has 0 bridgehead atoms. The number of nitrogens with two attached hydrogens (primary N) is 1. The van der Waals surface area contributed by atoms with Crippen molar-refractivity contribution in [2.75, 3.05) is 45.9 Å². The van der Waals surface area contributed by atoms with Crippen LogP contribution >= 0.6 is 0 Å². The zero-order valence-corrected chi connectivity index (χ0v) is 18.7. The fraction of sp³-hybridized carbons (Fsp3) is 0.667. The van der Waals surface area contributed by atoms with Crippen LogP contribution in [0, 0.1) is 11.3 Å². The SMILES string of the molecule is NCCCCCOc1ccccc1CC1CC2(C1)CN(C(=O)N1CC3(COC(=O)N3)C1)C2. The number of likely N-dealkylation sites (tertiary alicyclic amines) is 2. The van der Waals surface area contributed by atoms with Gasteiger partial charge in [0.2, 0.25) is 0 Å². The number of rotatable bonds is 8. The Kier molecular flexibility index (Phi) is 5.65. The number of hydrogen-bond acceptors (Lipinski definition) is 5. The molecule has 1 aromatic rings. The molecule has 0 radical (unpaired) electrons. The van der Waals surface area contributed by atoms with E-state index in [1.54, 1.807) is 0 Å². The number of carbonyl (C=O) groups excluding carboxylic acids is 2. The van der Waals surface area contributed by atoms with Gasteiger partial charge in [-0.05, 0) is 62.6 Å². The number of para-hydroxylation sites is 1. The van der Waals surface area contributed by atoms with Crippen LogP contribution in [0.3, 0.4) is 0 Å². The number of benzene rings is 1. The maximum absolute atomic E-state index is 12.7. The van der Waals surface area contributed by atoms with Gasteiger partial charge in [0.05, 0.1) is 19.7 Å². The molecule has 4 aliphatic rings. The molecule has 0 atom stereocenters. The second-order valence-electron chi connectivity index (χ2n) is 10.3. The first-order valence-corrected chi connectivity index (χ1v) is 11.9. The molecule has 174 valence electrons. The van der Waals surface area contributed by atoms with Gasteiger partial charge in [-0.1, -0.05) is 18.2 Å². The predicted octanol–water partition coefficient (Wildman–Crippen LogP) is 2.36. The van der Waals surface area contributed by atoms with Crippen molar-refractivity contribution in [2.45, 2.75) is 44.1 Å². The summed E-state index contributed by atoms with van der Waals surface area (Å²) in [5, 5.41) is 2.83. The van der Waals surface area contributed by atoms with E-state index in [0.29, 0.717) is 31.0 Å². The molecule has 0 aromatic heterocycles. The summed E-state index contributed by atoms with van der Waals surface area (Å²) in [5.74, 6) is 1.67. The Balaban J connectivity index is 1.04. The van der Waals surface area contributed by atoms with Crippen LogP contribution in [0.2, 0.25) is 0 Å². The minimum atomic E-state index is -0.376. The summed E-state index contributed by atoms with van der Waals surface area (Å²) in [5.41, 5.74) is 6.81. The highest BCUT2D eigenvalue weighted by Crippen LogP contribution is 2.53. The minimum Gasteiger partial charge on any atom is -0.493 e. The van der Waals surface area contributed by atoms with E-state index >= 15 is 0 Å². The third-order valence-corrected chi connectivity index (χ3v) is 7.46. The van der Waals surface area contributed by atoms with Crippen molar-refractivity contribution in [1.29, 1.82) is 0 Å². The molecule has 2 spiro atoms. The minimum absolute atomic E-state index is 0.0965. The lowest BCUT2D eigenvalue weighted by molar-refractivity contribution is -0.0827. The molecule has 8 heteroatoms. The number of unbranched alkanes of at least 4 members (excludes halogenated alkanes) is 2. The molecule has 5 rings (SSSR count). The van der Waals surface area contributed by atoms with E-state index in [-0.39, 0.29) is 17.7 Å². The van der Waals surface area contributed by atoms with Crippen LogP contribution < -0.4 is 15.8 Å². The summed E-state index contributed by atoms with van der Waals surface area (Å²) in [6.45, 7) is 4.66. The highest BCUT2D eigenvalue weighted by Gasteiger charge is 2.57. The number of amides is 3. The highest BCUT2D eigenvalue weighted by molar-refractivity contribution is 5.78. The Hall–Kier alpha value is -2.48. The molecule has 3 heterocycles. The van der Waals surface area contributed by atoms with E-state index in [1.807, 2.05) is 15.9 Å². The molecule has 1 saturated carbocycles. The van der Waals surface area contributed by atoms with Gasteiger partial charge >= 0.3 is 12.1 Å². The van der Waals surface area contributed by atoms with E-state index in [2.05, 4.69) is 23.5 Å². The van der Waals surface area contributed by atoms with Gasteiger partial charge in [0, 0.05) is 18.5 Å². The lowest BCUT2D eigenvalue weighted by atomic mass is 9.56. The molecule has 3 amide bonds. The topological polar surface area (TPSA) is 97.1 Å². The van der Waals surface area contributed by atoms with E-state index in [4.69, 9.17) is 15.2 Å². The first kappa shape index (κ1) is 21.4. The first-order valence-electron chi connectivity index (χ1n) is 11.9. The van der Waals surface area contributed by atoms with Crippen LogP contribution in [-0.4, -0.2) is 73.4 Å². The Labute approximate surface area is 189 Å². The number of urea groups is 1. The lowest BCUT2D eigenvalue weighted by Crippen LogP contribution is -2.74. The first-order chi connectivity index (χ1) is 15.5. The summed E-state index contributed by atoms with van der Waals surface area (Å²) in [6.07, 6.45) is 6.23. The van der Waals surface area contributed by atoms with Gasteiger partial charge in [0.25, 0.3) is 0 Å². The molecule has 3 aliphatic heterocycles. The summed E-state index contributed by atoms with van der Waals surface area (Å²) in [6, 6.07) is 8.49. The van der Waals surface area contributed by atoms with Gasteiger partial charge in [0.1, 0.15) is 17.9 Å². The second-order valence-corrected chi connectivity index (χ2v) is 10.3. The number of hydrogen-bond donors (Lipinski definition) is 2. The molecule has 1 aliphatic carbocycles. The zero-order valence-electron chi connectivity index (χ0n) is 18.7. The number of ether oxygens (including phenoxy) is 2. The fourth-order valence-electron chi connectivity index (χ4n) is 5.88. The Morgan fingerprint density at radius 3 is 2.59 bits per heavy atom. The average Bonchev–Trinajstić information content (AvgIpc) is 3.10. The third-order valence-electron chi connectivity index (χ3n) is 7.46. The lowest BCUT2D eigenvalue weighted by Gasteiger charge is -2.61. The maximum Gasteiger partial charge on any atom is 0.407 e. The molecule has 8 nitrogen and oxygen atoms in total. The maximum atomic E-state index is 12.7. The average molecular weight is 443 g/mol. The Morgan fingerprint density at radius 1 is 1.12 bits per heavy atom. The highest BCUT2D eigenvalue weighted by atomic mass is 16.6. The summed E-state index contributed by atoms with van der Waals surface area (Å²) in [4.78, 5) is 27.8. The number of nitrogens with zero attached hydrogens (tertiary/aromatic N) is 2. The van der Waals surface area contributed by atoms with Crippen LogP contribution in [0.15, 0.2) is 24.3 Å². The van der Waals surface area contributed by atoms with E-state index < -0.39 is 0 Å². The monoisotopic (exact) mass is 442 g/mol. The van der Waals surface area contributed by atoms with E-state index in [9.17, 15) is 9.59 Å². The van der Waals surface area contributed by atoms with Crippen molar-refractivity contribution in [3.63, 3.8) is 0 Å². The molecule has 3 saturated heterocycles. The van der Waals surface area contributed by atoms with Gasteiger partial charge in [0.15, 0.2) is 0 Å². The van der Waals surface area contributed by atoms with Gasteiger partial charge in [-0.15, -0.1) is 0 Å². The standard InChI is InChI=1S/C24H34N4O4/c25-8-4-1-5-9-31-20-7-3-2-6-19(20)10-18-11-23(12-18)13-27(14-23)22(30)28-15-24(16-28)17-32-21(29)26-24/h2-3,6-7,18H,1,4-5,8-17,25H2,(H,26,29). The summed E-state index contributed by atoms with van der Waals surface area (Å²) < 4.78 is 11.0. The van der Waals surface area contributed by atoms with Gasteiger partial charge in [-0.25, -0.2) is 9.59 Å².